The summed E-state index contributed by atoms with van der Waals surface area (Å²) in [6, 6.07) is 26.9. The van der Waals surface area contributed by atoms with Crippen LogP contribution in [-0.4, -0.2) is 42.7 Å². The average Bonchev–Trinajstić information content (AvgIpc) is 2.99. The summed E-state index contributed by atoms with van der Waals surface area (Å²) >= 11 is 0. The monoisotopic (exact) mass is 443 g/mol. The van der Waals surface area contributed by atoms with Gasteiger partial charge in [0.25, 0.3) is 0 Å². The van der Waals surface area contributed by atoms with Crippen molar-refractivity contribution in [3.8, 4) is 0 Å². The van der Waals surface area contributed by atoms with E-state index in [0.717, 1.165) is 43.0 Å². The molecule has 0 unspecified atom stereocenters. The van der Waals surface area contributed by atoms with Crippen LogP contribution in [0.2, 0.25) is 0 Å². The molecular weight excluding hydrogens is 414 g/mol. The Labute approximate surface area is 194 Å². The number of carboxylic acid groups (broad SMARTS) is 1. The van der Waals surface area contributed by atoms with Crippen LogP contribution >= 0.6 is 0 Å². The van der Waals surface area contributed by atoms with Crippen LogP contribution in [0.5, 0.6) is 0 Å². The van der Waals surface area contributed by atoms with Crippen LogP contribution in [-0.2, 0) is 22.6 Å². The summed E-state index contributed by atoms with van der Waals surface area (Å²) < 4.78 is 0. The van der Waals surface area contributed by atoms with Gasteiger partial charge in [-0.3, -0.25) is 4.79 Å². The molecule has 3 aromatic rings. The first-order valence-corrected chi connectivity index (χ1v) is 11.3. The summed E-state index contributed by atoms with van der Waals surface area (Å²) in [5.41, 5.74) is 4.20. The molecule has 0 aromatic heterocycles. The molecule has 33 heavy (non-hydrogen) atoms. The Morgan fingerprint density at radius 1 is 0.788 bits per heavy atom. The number of benzene rings is 3. The topological polar surface area (TPSA) is 72.9 Å². The van der Waals surface area contributed by atoms with Crippen molar-refractivity contribution in [2.75, 3.05) is 29.4 Å². The van der Waals surface area contributed by atoms with Crippen molar-refractivity contribution >= 4 is 23.3 Å². The lowest BCUT2D eigenvalue weighted by molar-refractivity contribution is -0.141. The number of rotatable bonds is 8. The summed E-state index contributed by atoms with van der Waals surface area (Å²) in [4.78, 5) is 29.0. The molecule has 6 nitrogen and oxygen atoms in total. The van der Waals surface area contributed by atoms with Crippen molar-refractivity contribution in [2.45, 2.75) is 25.4 Å². The predicted molar refractivity (Wildman–Crippen MR) is 130 cm³/mol. The predicted octanol–water partition coefficient (Wildman–Crippen LogP) is 3.72. The molecule has 170 valence electrons. The normalized spacial score (nSPS) is 14.2. The van der Waals surface area contributed by atoms with Gasteiger partial charge in [-0.05, 0) is 29.7 Å². The Bertz CT molecular complexity index is 1070. The number of carbonyl (C=O) groups is 2. The Morgan fingerprint density at radius 3 is 1.97 bits per heavy atom. The molecule has 1 amide bonds. The first-order chi connectivity index (χ1) is 16.1. The number of carboxylic acids is 1. The lowest BCUT2D eigenvalue weighted by atomic mass is 10.1. The summed E-state index contributed by atoms with van der Waals surface area (Å²) in [5, 5.41) is 12.4. The number of nitrogens with zero attached hydrogens (tertiary/aromatic N) is 2. The number of amides is 1. The van der Waals surface area contributed by atoms with Gasteiger partial charge >= 0.3 is 5.97 Å². The van der Waals surface area contributed by atoms with E-state index in [2.05, 4.69) is 33.3 Å². The zero-order chi connectivity index (χ0) is 23.0. The van der Waals surface area contributed by atoms with E-state index in [0.29, 0.717) is 0 Å². The number of nitrogens with one attached hydrogen (secondary N) is 1. The minimum atomic E-state index is -1.03. The maximum absolute atomic E-state index is 12.9. The summed E-state index contributed by atoms with van der Waals surface area (Å²) in [7, 11) is 0. The van der Waals surface area contributed by atoms with Gasteiger partial charge in [-0.15, -0.1) is 0 Å². The molecule has 0 aliphatic carbocycles. The Hall–Kier alpha value is -3.80. The van der Waals surface area contributed by atoms with Crippen molar-refractivity contribution in [1.82, 2.24) is 5.32 Å². The zero-order valence-electron chi connectivity index (χ0n) is 18.6. The van der Waals surface area contributed by atoms with Crippen LogP contribution in [0.1, 0.15) is 17.5 Å². The molecule has 6 heteroatoms. The summed E-state index contributed by atoms with van der Waals surface area (Å²) in [6.07, 6.45) is 1.16. The van der Waals surface area contributed by atoms with Gasteiger partial charge in [0.05, 0.1) is 17.9 Å². The van der Waals surface area contributed by atoms with Crippen LogP contribution in [0.15, 0.2) is 84.9 Å². The third-order valence-electron chi connectivity index (χ3n) is 5.89. The van der Waals surface area contributed by atoms with Gasteiger partial charge in [-0.2, -0.15) is 0 Å². The maximum Gasteiger partial charge on any atom is 0.326 e. The van der Waals surface area contributed by atoms with Gasteiger partial charge in [0, 0.05) is 26.1 Å². The van der Waals surface area contributed by atoms with E-state index in [4.69, 9.17) is 0 Å². The van der Waals surface area contributed by atoms with Gasteiger partial charge in [0.2, 0.25) is 5.91 Å². The van der Waals surface area contributed by atoms with Crippen LogP contribution in [0.3, 0.4) is 0 Å². The maximum atomic E-state index is 12.9. The van der Waals surface area contributed by atoms with Crippen molar-refractivity contribution in [3.05, 3.63) is 96.1 Å². The Morgan fingerprint density at radius 2 is 1.33 bits per heavy atom. The molecule has 1 aliphatic rings. The standard InChI is InChI=1S/C27H29N3O3/c31-26(28-23(27(32)33)18-21-10-3-1-4-11-21)20-30-17-9-16-29(19-22-12-5-2-6-13-22)24-14-7-8-15-25(24)30/h1-8,10-15,23H,9,16-20H2,(H,28,31)(H,32,33)/t23-/m0/s1. The third-order valence-corrected chi connectivity index (χ3v) is 5.89. The van der Waals surface area contributed by atoms with Gasteiger partial charge in [-0.25, -0.2) is 4.79 Å². The lowest BCUT2D eigenvalue weighted by Gasteiger charge is -2.28. The van der Waals surface area contributed by atoms with E-state index < -0.39 is 12.0 Å². The molecule has 1 aliphatic heterocycles. The SMILES string of the molecule is O=C(CN1CCCN(Cc2ccccc2)c2ccccc21)N[C@@H](Cc1ccccc1)C(=O)O. The highest BCUT2D eigenvalue weighted by molar-refractivity contribution is 5.88. The fraction of sp³-hybridized carbons (Fsp3) is 0.259. The zero-order valence-corrected chi connectivity index (χ0v) is 18.6. The lowest BCUT2D eigenvalue weighted by Crippen LogP contribution is -2.46. The van der Waals surface area contributed by atoms with Crippen LogP contribution in [0.25, 0.3) is 0 Å². The number of fused-ring (bicyclic) bond motifs is 1. The number of anilines is 2. The second-order valence-corrected chi connectivity index (χ2v) is 8.32. The van der Waals surface area contributed by atoms with E-state index in [-0.39, 0.29) is 18.9 Å². The molecule has 0 radical (unpaired) electrons. The molecule has 1 atom stereocenters. The number of carbonyl (C=O) groups excluding carboxylic acids is 1. The first-order valence-electron chi connectivity index (χ1n) is 11.3. The van der Waals surface area contributed by atoms with E-state index in [9.17, 15) is 14.7 Å². The highest BCUT2D eigenvalue weighted by Crippen LogP contribution is 2.33. The van der Waals surface area contributed by atoms with Gasteiger partial charge in [0.1, 0.15) is 6.04 Å². The number of para-hydroxylation sites is 2. The quantitative estimate of drug-likeness (QED) is 0.555. The van der Waals surface area contributed by atoms with Crippen molar-refractivity contribution in [1.29, 1.82) is 0 Å². The molecule has 0 bridgehead atoms. The summed E-state index contributed by atoms with van der Waals surface area (Å²) in [6.45, 7) is 2.53. The van der Waals surface area contributed by atoms with Crippen molar-refractivity contribution in [2.24, 2.45) is 0 Å². The van der Waals surface area contributed by atoms with Crippen LogP contribution in [0, 0.1) is 0 Å². The summed E-state index contributed by atoms with van der Waals surface area (Å²) in [5.74, 6) is -1.32. The minimum Gasteiger partial charge on any atom is -0.480 e. The first kappa shape index (κ1) is 22.4. The highest BCUT2D eigenvalue weighted by Gasteiger charge is 2.25. The van der Waals surface area contributed by atoms with E-state index >= 15 is 0 Å². The molecule has 2 N–H and O–H groups in total. The number of hydrogen-bond acceptors (Lipinski definition) is 4. The van der Waals surface area contributed by atoms with Gasteiger partial charge < -0.3 is 20.2 Å². The van der Waals surface area contributed by atoms with E-state index in [1.165, 1.54) is 5.56 Å². The molecule has 3 aromatic carbocycles. The Balaban J connectivity index is 1.46. The molecule has 0 saturated carbocycles. The van der Waals surface area contributed by atoms with Crippen molar-refractivity contribution < 1.29 is 14.7 Å². The van der Waals surface area contributed by atoms with E-state index in [1.807, 2.05) is 66.7 Å². The van der Waals surface area contributed by atoms with E-state index in [1.54, 1.807) is 0 Å². The largest absolute Gasteiger partial charge is 0.480 e. The fourth-order valence-corrected chi connectivity index (χ4v) is 4.29. The van der Waals surface area contributed by atoms with Crippen molar-refractivity contribution in [3.63, 3.8) is 0 Å². The molecule has 4 rings (SSSR count). The second-order valence-electron chi connectivity index (χ2n) is 8.32. The van der Waals surface area contributed by atoms with Crippen LogP contribution in [0.4, 0.5) is 11.4 Å². The van der Waals surface area contributed by atoms with Gasteiger partial charge in [0.15, 0.2) is 0 Å². The smallest absolute Gasteiger partial charge is 0.326 e. The number of aliphatic carboxylic acids is 1. The van der Waals surface area contributed by atoms with Gasteiger partial charge in [-0.1, -0.05) is 72.8 Å². The molecular formula is C27H29N3O3. The molecule has 0 spiro atoms. The molecule has 0 fully saturated rings. The fourth-order valence-electron chi connectivity index (χ4n) is 4.29. The highest BCUT2D eigenvalue weighted by atomic mass is 16.4. The van der Waals surface area contributed by atoms with Crippen LogP contribution < -0.4 is 15.1 Å². The minimum absolute atomic E-state index is 0.120. The number of hydrogen-bond donors (Lipinski definition) is 2. The molecule has 0 saturated heterocycles. The Kier molecular flexibility index (Phi) is 7.25. The third kappa shape index (κ3) is 5.92. The average molecular weight is 444 g/mol. The molecule has 1 heterocycles. The second kappa shape index (κ2) is 10.7.